The van der Waals surface area contributed by atoms with Gasteiger partial charge in [0.2, 0.25) is 11.8 Å². The maximum atomic E-state index is 11.9. The predicted molar refractivity (Wildman–Crippen MR) is 85.2 cm³/mol. The number of hydrogen-bond acceptors (Lipinski definition) is 3. The Morgan fingerprint density at radius 2 is 2.00 bits per heavy atom. The molecule has 1 N–H and O–H groups in total. The highest BCUT2D eigenvalue weighted by molar-refractivity contribution is 7.99. The second kappa shape index (κ2) is 8.72. The summed E-state index contributed by atoms with van der Waals surface area (Å²) < 4.78 is 0. The quantitative estimate of drug-likeness (QED) is 0.648. The Kier molecular flexibility index (Phi) is 6.60. The highest BCUT2D eigenvalue weighted by Crippen LogP contribution is 2.15. The molecule has 114 valence electrons. The summed E-state index contributed by atoms with van der Waals surface area (Å²) in [6.45, 7) is 1.54. The molecule has 0 aliphatic carbocycles. The van der Waals surface area contributed by atoms with Crippen LogP contribution >= 0.6 is 11.8 Å². The lowest BCUT2D eigenvalue weighted by Crippen LogP contribution is -2.41. The third kappa shape index (κ3) is 5.79. The van der Waals surface area contributed by atoms with E-state index in [4.69, 9.17) is 0 Å². The van der Waals surface area contributed by atoms with Crippen molar-refractivity contribution in [2.45, 2.75) is 30.6 Å². The van der Waals surface area contributed by atoms with Crippen molar-refractivity contribution in [2.24, 2.45) is 0 Å². The lowest BCUT2D eigenvalue weighted by molar-refractivity contribution is -0.135. The van der Waals surface area contributed by atoms with E-state index in [2.05, 4.69) is 17.4 Å². The summed E-state index contributed by atoms with van der Waals surface area (Å²) in [6.07, 6.45) is 3.61. The van der Waals surface area contributed by atoms with Crippen LogP contribution in [0.4, 0.5) is 0 Å². The Labute approximate surface area is 130 Å². The molecule has 0 spiro atoms. The molecule has 0 bridgehead atoms. The molecule has 0 atom stereocenters. The van der Waals surface area contributed by atoms with Gasteiger partial charge in [0.05, 0.1) is 6.54 Å². The zero-order chi connectivity index (χ0) is 14.9. The summed E-state index contributed by atoms with van der Waals surface area (Å²) >= 11 is 1.72. The molecule has 1 aliphatic heterocycles. The average Bonchev–Trinajstić information content (AvgIpc) is 2.70. The second-order valence-corrected chi connectivity index (χ2v) is 6.31. The molecule has 1 heterocycles. The highest BCUT2D eigenvalue weighted by Gasteiger charge is 2.18. The number of amides is 2. The predicted octanol–water partition coefficient (Wildman–Crippen LogP) is 2.30. The first-order valence-corrected chi connectivity index (χ1v) is 8.46. The molecule has 4 nitrogen and oxygen atoms in total. The van der Waals surface area contributed by atoms with Crippen molar-refractivity contribution in [2.75, 3.05) is 25.4 Å². The molecule has 1 aromatic carbocycles. The zero-order valence-corrected chi connectivity index (χ0v) is 13.0. The maximum Gasteiger partial charge on any atom is 0.239 e. The third-order valence-electron chi connectivity index (χ3n) is 3.44. The number of carbonyl (C=O) groups is 2. The number of nitrogens with one attached hydrogen (secondary N) is 1. The van der Waals surface area contributed by atoms with E-state index >= 15 is 0 Å². The number of hydrogen-bond donors (Lipinski definition) is 1. The molecule has 1 aliphatic rings. The fraction of sp³-hybridized carbons (Fsp3) is 0.500. The number of likely N-dealkylation sites (tertiary alicyclic amines) is 1. The van der Waals surface area contributed by atoms with Crippen molar-refractivity contribution in [3.8, 4) is 0 Å². The van der Waals surface area contributed by atoms with Crippen LogP contribution in [0.2, 0.25) is 0 Å². The van der Waals surface area contributed by atoms with Crippen molar-refractivity contribution in [3.63, 3.8) is 0 Å². The van der Waals surface area contributed by atoms with E-state index in [1.807, 2.05) is 18.2 Å². The van der Waals surface area contributed by atoms with Crippen molar-refractivity contribution >= 4 is 23.6 Å². The van der Waals surface area contributed by atoms with Crippen LogP contribution < -0.4 is 5.32 Å². The van der Waals surface area contributed by atoms with Gasteiger partial charge in [-0.2, -0.15) is 0 Å². The molecule has 1 saturated heterocycles. The molecule has 2 rings (SSSR count). The molecular weight excluding hydrogens is 284 g/mol. The second-order valence-electron chi connectivity index (χ2n) is 5.14. The lowest BCUT2D eigenvalue weighted by Gasteiger charge is -2.19. The fourth-order valence-corrected chi connectivity index (χ4v) is 3.10. The van der Waals surface area contributed by atoms with Gasteiger partial charge in [-0.3, -0.25) is 9.59 Å². The van der Waals surface area contributed by atoms with Gasteiger partial charge in [0.15, 0.2) is 0 Å². The van der Waals surface area contributed by atoms with E-state index in [9.17, 15) is 9.59 Å². The Morgan fingerprint density at radius 3 is 2.81 bits per heavy atom. The minimum Gasteiger partial charge on any atom is -0.354 e. The van der Waals surface area contributed by atoms with Crippen LogP contribution in [0.15, 0.2) is 35.2 Å². The minimum absolute atomic E-state index is 0.0566. The molecule has 1 aromatic rings. The molecule has 2 amide bonds. The van der Waals surface area contributed by atoms with Crippen LogP contribution in [-0.2, 0) is 9.59 Å². The summed E-state index contributed by atoms with van der Waals surface area (Å²) in [5.74, 6) is 0.893. The van der Waals surface area contributed by atoms with Crippen LogP contribution in [0.1, 0.15) is 25.7 Å². The van der Waals surface area contributed by atoms with Crippen LogP contribution in [0.5, 0.6) is 0 Å². The highest BCUT2D eigenvalue weighted by atomic mass is 32.2. The van der Waals surface area contributed by atoms with Crippen LogP contribution in [-0.4, -0.2) is 42.1 Å². The first kappa shape index (κ1) is 15.9. The van der Waals surface area contributed by atoms with Crippen molar-refractivity contribution in [3.05, 3.63) is 30.3 Å². The van der Waals surface area contributed by atoms with Crippen LogP contribution in [0.25, 0.3) is 0 Å². The van der Waals surface area contributed by atoms with E-state index in [1.54, 1.807) is 16.7 Å². The van der Waals surface area contributed by atoms with Gasteiger partial charge in [-0.15, -0.1) is 11.8 Å². The van der Waals surface area contributed by atoms with E-state index < -0.39 is 0 Å². The summed E-state index contributed by atoms with van der Waals surface area (Å²) in [7, 11) is 0. The van der Waals surface area contributed by atoms with Gasteiger partial charge >= 0.3 is 0 Å². The topological polar surface area (TPSA) is 49.4 Å². The molecule has 0 saturated carbocycles. The minimum atomic E-state index is -0.0566. The van der Waals surface area contributed by atoms with E-state index in [1.165, 1.54) is 4.90 Å². The Bertz CT molecular complexity index is 465. The van der Waals surface area contributed by atoms with Gasteiger partial charge < -0.3 is 10.2 Å². The van der Waals surface area contributed by atoms with Gasteiger partial charge in [-0.25, -0.2) is 0 Å². The molecule has 5 heteroatoms. The largest absolute Gasteiger partial charge is 0.354 e. The van der Waals surface area contributed by atoms with Gasteiger partial charge in [0.25, 0.3) is 0 Å². The number of rotatable bonds is 6. The Morgan fingerprint density at radius 1 is 1.19 bits per heavy atom. The van der Waals surface area contributed by atoms with Gasteiger partial charge in [0, 0.05) is 30.2 Å². The standard InChI is InChI=1S/C16H22N2O2S/c19-15(13-18-11-6-2-5-9-16(18)20)17-10-12-21-14-7-3-1-4-8-14/h1,3-4,7-8H,2,5-6,9-13H2,(H,17,19). The number of carbonyl (C=O) groups excluding carboxylic acids is 2. The summed E-state index contributed by atoms with van der Waals surface area (Å²) in [5.41, 5.74) is 0. The van der Waals surface area contributed by atoms with Gasteiger partial charge in [-0.05, 0) is 25.0 Å². The zero-order valence-electron chi connectivity index (χ0n) is 12.2. The number of thioether (sulfide) groups is 1. The SMILES string of the molecule is O=C(CN1CCCCCC1=O)NCCSc1ccccc1. The fourth-order valence-electron chi connectivity index (χ4n) is 2.31. The molecule has 0 aromatic heterocycles. The van der Waals surface area contributed by atoms with E-state index in [0.717, 1.165) is 25.0 Å². The van der Waals surface area contributed by atoms with Gasteiger partial charge in [0.1, 0.15) is 0 Å². The van der Waals surface area contributed by atoms with Crippen LogP contribution in [0, 0.1) is 0 Å². The lowest BCUT2D eigenvalue weighted by atomic mass is 10.2. The third-order valence-corrected chi connectivity index (χ3v) is 4.46. The summed E-state index contributed by atoms with van der Waals surface area (Å²) in [6, 6.07) is 10.1. The first-order valence-electron chi connectivity index (χ1n) is 7.48. The average molecular weight is 306 g/mol. The van der Waals surface area contributed by atoms with Crippen molar-refractivity contribution in [1.82, 2.24) is 10.2 Å². The Balaban J connectivity index is 1.64. The molecule has 1 fully saturated rings. The summed E-state index contributed by atoms with van der Waals surface area (Å²) in [5, 5.41) is 2.89. The van der Waals surface area contributed by atoms with Crippen molar-refractivity contribution < 1.29 is 9.59 Å². The molecule has 0 radical (unpaired) electrons. The van der Waals surface area contributed by atoms with Crippen molar-refractivity contribution in [1.29, 1.82) is 0 Å². The van der Waals surface area contributed by atoms with Crippen LogP contribution in [0.3, 0.4) is 0 Å². The number of nitrogens with zero attached hydrogens (tertiary/aromatic N) is 1. The normalized spacial score (nSPS) is 15.6. The number of benzene rings is 1. The maximum absolute atomic E-state index is 11.9. The molecule has 21 heavy (non-hydrogen) atoms. The van der Waals surface area contributed by atoms with E-state index in [0.29, 0.717) is 19.5 Å². The smallest absolute Gasteiger partial charge is 0.239 e. The first-order chi connectivity index (χ1) is 10.3. The molecular formula is C16H22N2O2S. The molecule has 0 unspecified atom stereocenters. The van der Waals surface area contributed by atoms with E-state index in [-0.39, 0.29) is 18.4 Å². The monoisotopic (exact) mass is 306 g/mol. The van der Waals surface area contributed by atoms with Gasteiger partial charge in [-0.1, -0.05) is 24.6 Å². The Hall–Kier alpha value is -1.49. The summed E-state index contributed by atoms with van der Waals surface area (Å²) in [4.78, 5) is 26.6.